The van der Waals surface area contributed by atoms with Crippen molar-refractivity contribution in [3.05, 3.63) is 48.6 Å². The summed E-state index contributed by atoms with van der Waals surface area (Å²) < 4.78 is 0. The number of rotatable bonds is 30. The molecular formula is C37H68O. The first-order valence-electron chi connectivity index (χ1n) is 17.1. The molecule has 0 rings (SSSR count). The lowest BCUT2D eigenvalue weighted by Crippen LogP contribution is -2.05. The summed E-state index contributed by atoms with van der Waals surface area (Å²) in [6, 6.07) is 0. The van der Waals surface area contributed by atoms with Gasteiger partial charge in [0, 0.05) is 0 Å². The number of unbranched alkanes of at least 4 members (excludes halogenated alkanes) is 18. The minimum absolute atomic E-state index is 0.0633. The summed E-state index contributed by atoms with van der Waals surface area (Å²) in [5, 5.41) is 10.3. The summed E-state index contributed by atoms with van der Waals surface area (Å²) in [7, 11) is 0. The van der Waals surface area contributed by atoms with Crippen molar-refractivity contribution in [1.82, 2.24) is 0 Å². The van der Waals surface area contributed by atoms with Gasteiger partial charge in [-0.15, -0.1) is 0 Å². The second-order valence-electron chi connectivity index (χ2n) is 11.4. The van der Waals surface area contributed by atoms with E-state index in [1.165, 1.54) is 141 Å². The molecule has 0 fully saturated rings. The van der Waals surface area contributed by atoms with E-state index in [0.717, 1.165) is 25.7 Å². The first kappa shape index (κ1) is 36.9. The molecule has 1 N–H and O–H groups in total. The average Bonchev–Trinajstić information content (AvgIpc) is 2.92. The molecule has 0 amide bonds. The first-order valence-corrected chi connectivity index (χ1v) is 17.1. The molecule has 0 aromatic carbocycles. The Morgan fingerprint density at radius 1 is 0.368 bits per heavy atom. The molecule has 38 heavy (non-hydrogen) atoms. The topological polar surface area (TPSA) is 20.2 Å². The second-order valence-corrected chi connectivity index (χ2v) is 11.4. The standard InChI is InChI=1S/C37H68O/c1-3-5-7-9-11-13-15-17-19-21-23-25-27-29-31-33-35-37(38)36-34-32-30-28-26-24-22-20-18-16-14-12-10-8-6-4-2/h11-14,17-20,37-38H,3-10,15-16,21-36H2,1-2H3/b13-11+,14-12?,19-17?,20-18?. The fraction of sp³-hybridized carbons (Fsp3) is 0.784. The molecule has 0 bridgehead atoms. The third-order valence-electron chi connectivity index (χ3n) is 7.48. The Kier molecular flexibility index (Phi) is 33.0. The smallest absolute Gasteiger partial charge is 0.0540 e. The van der Waals surface area contributed by atoms with E-state index in [1.807, 2.05) is 0 Å². The van der Waals surface area contributed by atoms with Gasteiger partial charge in [0.15, 0.2) is 0 Å². The van der Waals surface area contributed by atoms with Crippen LogP contribution in [0.4, 0.5) is 0 Å². The van der Waals surface area contributed by atoms with Crippen molar-refractivity contribution >= 4 is 0 Å². The molecule has 0 aromatic heterocycles. The molecule has 222 valence electrons. The summed E-state index contributed by atoms with van der Waals surface area (Å²) in [6.45, 7) is 4.52. The highest BCUT2D eigenvalue weighted by Gasteiger charge is 2.03. The maximum absolute atomic E-state index is 10.3. The predicted molar refractivity (Wildman–Crippen MR) is 174 cm³/mol. The fourth-order valence-corrected chi connectivity index (χ4v) is 4.88. The van der Waals surface area contributed by atoms with Gasteiger partial charge in [0.2, 0.25) is 0 Å². The summed E-state index contributed by atoms with van der Waals surface area (Å²) in [6.07, 6.45) is 51.6. The van der Waals surface area contributed by atoms with E-state index in [9.17, 15) is 5.11 Å². The lowest BCUT2D eigenvalue weighted by molar-refractivity contribution is 0.147. The molecule has 0 heterocycles. The maximum atomic E-state index is 10.3. The number of hydrogen-bond donors (Lipinski definition) is 1. The van der Waals surface area contributed by atoms with Gasteiger partial charge in [-0.05, 0) is 77.0 Å². The van der Waals surface area contributed by atoms with Gasteiger partial charge < -0.3 is 5.11 Å². The zero-order valence-electron chi connectivity index (χ0n) is 26.0. The summed E-state index contributed by atoms with van der Waals surface area (Å²) in [5.41, 5.74) is 0. The minimum atomic E-state index is -0.0633. The molecule has 0 radical (unpaired) electrons. The Balaban J connectivity index is 3.29. The molecule has 0 aliphatic rings. The van der Waals surface area contributed by atoms with Gasteiger partial charge in [-0.2, -0.15) is 0 Å². The van der Waals surface area contributed by atoms with E-state index in [1.54, 1.807) is 0 Å². The summed E-state index contributed by atoms with van der Waals surface area (Å²) in [4.78, 5) is 0. The number of aliphatic hydroxyl groups is 1. The summed E-state index contributed by atoms with van der Waals surface area (Å²) in [5.74, 6) is 0. The van der Waals surface area contributed by atoms with Crippen molar-refractivity contribution in [1.29, 1.82) is 0 Å². The molecule has 0 aromatic rings. The van der Waals surface area contributed by atoms with Gasteiger partial charge in [0.25, 0.3) is 0 Å². The van der Waals surface area contributed by atoms with Crippen LogP contribution in [-0.2, 0) is 0 Å². The molecule has 1 unspecified atom stereocenters. The molecule has 0 spiro atoms. The van der Waals surface area contributed by atoms with Crippen molar-refractivity contribution in [2.45, 2.75) is 187 Å². The molecule has 0 saturated heterocycles. The third kappa shape index (κ3) is 32.9. The molecule has 1 atom stereocenters. The minimum Gasteiger partial charge on any atom is -0.393 e. The van der Waals surface area contributed by atoms with Crippen LogP contribution in [0.25, 0.3) is 0 Å². The van der Waals surface area contributed by atoms with Gasteiger partial charge in [0.1, 0.15) is 0 Å². The number of hydrogen-bond acceptors (Lipinski definition) is 1. The van der Waals surface area contributed by atoms with Crippen LogP contribution in [0.3, 0.4) is 0 Å². The third-order valence-corrected chi connectivity index (χ3v) is 7.48. The van der Waals surface area contributed by atoms with Gasteiger partial charge in [-0.1, -0.05) is 152 Å². The van der Waals surface area contributed by atoms with Crippen molar-refractivity contribution in [3.63, 3.8) is 0 Å². The van der Waals surface area contributed by atoms with Gasteiger partial charge in [-0.3, -0.25) is 0 Å². The molecular weight excluding hydrogens is 460 g/mol. The van der Waals surface area contributed by atoms with Gasteiger partial charge in [0.05, 0.1) is 6.10 Å². The normalized spacial score (nSPS) is 13.2. The highest BCUT2D eigenvalue weighted by molar-refractivity contribution is 4.93. The van der Waals surface area contributed by atoms with E-state index in [0.29, 0.717) is 0 Å². The van der Waals surface area contributed by atoms with Crippen molar-refractivity contribution in [2.75, 3.05) is 0 Å². The fourth-order valence-electron chi connectivity index (χ4n) is 4.88. The van der Waals surface area contributed by atoms with E-state index in [2.05, 4.69) is 62.5 Å². The zero-order valence-corrected chi connectivity index (χ0v) is 26.0. The number of allylic oxidation sites excluding steroid dienone is 8. The van der Waals surface area contributed by atoms with Crippen LogP contribution in [0.15, 0.2) is 48.6 Å². The number of aliphatic hydroxyl groups excluding tert-OH is 1. The van der Waals surface area contributed by atoms with E-state index in [-0.39, 0.29) is 6.10 Å². The monoisotopic (exact) mass is 529 g/mol. The Bertz CT molecular complexity index is 493. The van der Waals surface area contributed by atoms with Crippen LogP contribution in [-0.4, -0.2) is 11.2 Å². The van der Waals surface area contributed by atoms with E-state index < -0.39 is 0 Å². The van der Waals surface area contributed by atoms with Gasteiger partial charge in [-0.25, -0.2) is 0 Å². The van der Waals surface area contributed by atoms with Crippen LogP contribution in [0.2, 0.25) is 0 Å². The Labute approximate surface area is 240 Å². The average molecular weight is 529 g/mol. The van der Waals surface area contributed by atoms with E-state index >= 15 is 0 Å². The maximum Gasteiger partial charge on any atom is 0.0540 e. The van der Waals surface area contributed by atoms with Crippen molar-refractivity contribution < 1.29 is 5.11 Å². The van der Waals surface area contributed by atoms with Crippen LogP contribution >= 0.6 is 0 Å². The quantitative estimate of drug-likeness (QED) is 0.0726. The Morgan fingerprint density at radius 3 is 1.00 bits per heavy atom. The largest absolute Gasteiger partial charge is 0.393 e. The van der Waals surface area contributed by atoms with Crippen molar-refractivity contribution in [2.24, 2.45) is 0 Å². The van der Waals surface area contributed by atoms with Crippen LogP contribution in [0.5, 0.6) is 0 Å². The molecule has 0 aliphatic heterocycles. The van der Waals surface area contributed by atoms with Crippen molar-refractivity contribution in [3.8, 4) is 0 Å². The molecule has 0 saturated carbocycles. The second kappa shape index (κ2) is 33.9. The summed E-state index contributed by atoms with van der Waals surface area (Å²) >= 11 is 0. The SMILES string of the molecule is CCCCCC=CCC=CCCCCCCCCC(O)CCCCCCCCC=CC/C=C/CCCCC. The lowest BCUT2D eigenvalue weighted by atomic mass is 10.0. The lowest BCUT2D eigenvalue weighted by Gasteiger charge is -2.10. The van der Waals surface area contributed by atoms with Crippen LogP contribution < -0.4 is 0 Å². The van der Waals surface area contributed by atoms with Crippen LogP contribution in [0, 0.1) is 0 Å². The molecule has 1 heteroatoms. The highest BCUT2D eigenvalue weighted by atomic mass is 16.3. The zero-order chi connectivity index (χ0) is 27.6. The predicted octanol–water partition coefficient (Wildman–Crippen LogP) is 12.8. The highest BCUT2D eigenvalue weighted by Crippen LogP contribution is 2.15. The Morgan fingerprint density at radius 2 is 0.658 bits per heavy atom. The van der Waals surface area contributed by atoms with Gasteiger partial charge >= 0.3 is 0 Å². The first-order chi connectivity index (χ1) is 18.8. The molecule has 1 nitrogen and oxygen atoms in total. The molecule has 0 aliphatic carbocycles. The Hall–Kier alpha value is -1.08. The van der Waals surface area contributed by atoms with E-state index in [4.69, 9.17) is 0 Å². The van der Waals surface area contributed by atoms with Crippen LogP contribution in [0.1, 0.15) is 181 Å².